The number of nitrogen functional groups attached to an aromatic ring is 2. The summed E-state index contributed by atoms with van der Waals surface area (Å²) < 4.78 is 0. The Balaban J connectivity index is 2.81. The maximum absolute atomic E-state index is 5.91. The Morgan fingerprint density at radius 2 is 1.50 bits per heavy atom. The quantitative estimate of drug-likeness (QED) is 0.475. The molecule has 0 atom stereocenters. The van der Waals surface area contributed by atoms with Crippen LogP contribution in [-0.4, -0.2) is 21.5 Å². The predicted octanol–water partition coefficient (Wildman–Crippen LogP) is 3.14. The lowest BCUT2D eigenvalue weighted by Crippen LogP contribution is -2.05. The van der Waals surface area contributed by atoms with Crippen molar-refractivity contribution in [1.82, 2.24) is 9.97 Å². The molecular formula is C12H22N4S2. The SMILES string of the molecule is CC(C)CSc1nc(N)c(N)c(SCC(C)C)n1. The van der Waals surface area contributed by atoms with Gasteiger partial charge in [-0.2, -0.15) is 0 Å². The van der Waals surface area contributed by atoms with E-state index in [1.807, 2.05) is 0 Å². The maximum Gasteiger partial charge on any atom is 0.190 e. The first-order valence-corrected chi connectivity index (χ1v) is 8.05. The lowest BCUT2D eigenvalue weighted by Gasteiger charge is -2.10. The number of hydrogen-bond donors (Lipinski definition) is 2. The molecule has 102 valence electrons. The summed E-state index contributed by atoms with van der Waals surface area (Å²) in [5, 5.41) is 1.53. The molecule has 0 spiro atoms. The molecule has 0 aliphatic rings. The van der Waals surface area contributed by atoms with E-state index in [-0.39, 0.29) is 0 Å². The second-order valence-electron chi connectivity index (χ2n) is 5.02. The zero-order valence-electron chi connectivity index (χ0n) is 11.4. The highest BCUT2D eigenvalue weighted by atomic mass is 32.2. The third-order valence-electron chi connectivity index (χ3n) is 2.02. The van der Waals surface area contributed by atoms with Gasteiger partial charge in [-0.1, -0.05) is 39.5 Å². The van der Waals surface area contributed by atoms with Crippen molar-refractivity contribution in [3.05, 3.63) is 0 Å². The molecule has 0 amide bonds. The fraction of sp³-hybridized carbons (Fsp3) is 0.667. The number of rotatable bonds is 6. The standard InChI is InChI=1S/C12H22N4S2/c1-7(2)5-17-11-9(13)10(14)15-12(16-11)18-6-8(3)4/h7-8H,5-6,13H2,1-4H3,(H2,14,15,16). The average Bonchev–Trinajstić information content (AvgIpc) is 2.28. The summed E-state index contributed by atoms with van der Waals surface area (Å²) in [4.78, 5) is 8.71. The van der Waals surface area contributed by atoms with Crippen LogP contribution in [0.15, 0.2) is 10.2 Å². The van der Waals surface area contributed by atoms with Crippen molar-refractivity contribution < 1.29 is 0 Å². The molecule has 1 aromatic rings. The van der Waals surface area contributed by atoms with E-state index in [4.69, 9.17) is 11.5 Å². The topological polar surface area (TPSA) is 77.8 Å². The van der Waals surface area contributed by atoms with E-state index in [9.17, 15) is 0 Å². The molecule has 4 nitrogen and oxygen atoms in total. The van der Waals surface area contributed by atoms with Crippen molar-refractivity contribution in [3.63, 3.8) is 0 Å². The van der Waals surface area contributed by atoms with Crippen molar-refractivity contribution >= 4 is 35.0 Å². The minimum atomic E-state index is 0.391. The van der Waals surface area contributed by atoms with Gasteiger partial charge in [0.05, 0.1) is 0 Å². The molecule has 0 saturated carbocycles. The zero-order chi connectivity index (χ0) is 13.7. The highest BCUT2D eigenvalue weighted by Crippen LogP contribution is 2.30. The second-order valence-corrected chi connectivity index (χ2v) is 7.02. The van der Waals surface area contributed by atoms with Gasteiger partial charge in [0.15, 0.2) is 11.0 Å². The summed E-state index contributed by atoms with van der Waals surface area (Å²) in [6.45, 7) is 8.68. The van der Waals surface area contributed by atoms with E-state index < -0.39 is 0 Å². The summed E-state index contributed by atoms with van der Waals surface area (Å²) in [5.41, 5.74) is 12.3. The summed E-state index contributed by atoms with van der Waals surface area (Å²) in [7, 11) is 0. The number of aromatic nitrogens is 2. The van der Waals surface area contributed by atoms with Crippen LogP contribution in [-0.2, 0) is 0 Å². The highest BCUT2D eigenvalue weighted by Gasteiger charge is 2.11. The van der Waals surface area contributed by atoms with Crippen LogP contribution >= 0.6 is 23.5 Å². The number of nitrogens with two attached hydrogens (primary N) is 2. The largest absolute Gasteiger partial charge is 0.394 e. The van der Waals surface area contributed by atoms with E-state index in [0.717, 1.165) is 21.7 Å². The molecule has 1 heterocycles. The van der Waals surface area contributed by atoms with Crippen LogP contribution in [0.3, 0.4) is 0 Å². The van der Waals surface area contributed by atoms with E-state index in [1.165, 1.54) is 0 Å². The fourth-order valence-corrected chi connectivity index (χ4v) is 2.87. The molecule has 4 N–H and O–H groups in total. The molecule has 0 bridgehead atoms. The van der Waals surface area contributed by atoms with Crippen LogP contribution in [0, 0.1) is 11.8 Å². The first kappa shape index (κ1) is 15.4. The van der Waals surface area contributed by atoms with Gasteiger partial charge in [0.1, 0.15) is 10.7 Å². The van der Waals surface area contributed by atoms with Gasteiger partial charge in [-0.3, -0.25) is 0 Å². The number of thioether (sulfide) groups is 2. The first-order valence-electron chi connectivity index (χ1n) is 6.08. The van der Waals surface area contributed by atoms with Gasteiger partial charge in [0, 0.05) is 11.5 Å². The molecule has 0 radical (unpaired) electrons. The van der Waals surface area contributed by atoms with Gasteiger partial charge >= 0.3 is 0 Å². The third kappa shape index (κ3) is 4.94. The van der Waals surface area contributed by atoms with Crippen LogP contribution in [0.25, 0.3) is 0 Å². The normalized spacial score (nSPS) is 11.4. The van der Waals surface area contributed by atoms with Gasteiger partial charge in [-0.05, 0) is 11.8 Å². The van der Waals surface area contributed by atoms with Gasteiger partial charge in [-0.15, -0.1) is 11.8 Å². The summed E-state index contributed by atoms with van der Waals surface area (Å²) in [6.07, 6.45) is 0. The van der Waals surface area contributed by atoms with Crippen molar-refractivity contribution in [2.45, 2.75) is 37.9 Å². The smallest absolute Gasteiger partial charge is 0.190 e. The molecule has 6 heteroatoms. The molecule has 18 heavy (non-hydrogen) atoms. The van der Waals surface area contributed by atoms with Gasteiger partial charge in [0.2, 0.25) is 0 Å². The van der Waals surface area contributed by atoms with Crippen LogP contribution in [0.4, 0.5) is 11.5 Å². The Kier molecular flexibility index (Phi) is 6.08. The Morgan fingerprint density at radius 3 is 2.06 bits per heavy atom. The molecule has 0 saturated heterocycles. The number of anilines is 2. The van der Waals surface area contributed by atoms with E-state index in [1.54, 1.807) is 23.5 Å². The summed E-state index contributed by atoms with van der Waals surface area (Å²) >= 11 is 3.28. The van der Waals surface area contributed by atoms with Crippen LogP contribution in [0.2, 0.25) is 0 Å². The monoisotopic (exact) mass is 286 g/mol. The highest BCUT2D eigenvalue weighted by molar-refractivity contribution is 7.99. The molecule has 0 fully saturated rings. The van der Waals surface area contributed by atoms with Gasteiger partial charge < -0.3 is 11.5 Å². The fourth-order valence-electron chi connectivity index (χ4n) is 1.11. The second kappa shape index (κ2) is 7.09. The molecular weight excluding hydrogens is 264 g/mol. The zero-order valence-corrected chi connectivity index (χ0v) is 13.1. The van der Waals surface area contributed by atoms with Crippen LogP contribution < -0.4 is 11.5 Å². The minimum Gasteiger partial charge on any atom is -0.394 e. The summed E-state index contributed by atoms with van der Waals surface area (Å²) in [6, 6.07) is 0. The average molecular weight is 286 g/mol. The minimum absolute atomic E-state index is 0.391. The van der Waals surface area contributed by atoms with Crippen molar-refractivity contribution in [1.29, 1.82) is 0 Å². The molecule has 0 aliphatic carbocycles. The van der Waals surface area contributed by atoms with Crippen molar-refractivity contribution in [3.8, 4) is 0 Å². The van der Waals surface area contributed by atoms with Crippen molar-refractivity contribution in [2.24, 2.45) is 11.8 Å². The maximum atomic E-state index is 5.91. The third-order valence-corrected chi connectivity index (χ3v) is 4.71. The predicted molar refractivity (Wildman–Crippen MR) is 82.0 cm³/mol. The lowest BCUT2D eigenvalue weighted by molar-refractivity contribution is 0.745. The molecule has 0 unspecified atom stereocenters. The van der Waals surface area contributed by atoms with E-state index >= 15 is 0 Å². The Labute approximate surface area is 118 Å². The Hall–Kier alpha value is -0.620. The summed E-state index contributed by atoms with van der Waals surface area (Å²) in [5.74, 6) is 3.55. The van der Waals surface area contributed by atoms with Crippen LogP contribution in [0.1, 0.15) is 27.7 Å². The molecule has 1 rings (SSSR count). The Bertz CT molecular complexity index is 394. The van der Waals surface area contributed by atoms with E-state index in [2.05, 4.69) is 37.7 Å². The van der Waals surface area contributed by atoms with Crippen molar-refractivity contribution in [2.75, 3.05) is 23.0 Å². The lowest BCUT2D eigenvalue weighted by atomic mass is 10.3. The van der Waals surface area contributed by atoms with Gasteiger partial charge in [0.25, 0.3) is 0 Å². The number of nitrogens with zero attached hydrogens (tertiary/aromatic N) is 2. The number of hydrogen-bond acceptors (Lipinski definition) is 6. The first-order chi connectivity index (χ1) is 8.40. The van der Waals surface area contributed by atoms with Gasteiger partial charge in [-0.25, -0.2) is 9.97 Å². The molecule has 1 aromatic heterocycles. The van der Waals surface area contributed by atoms with Crippen LogP contribution in [0.5, 0.6) is 0 Å². The Morgan fingerprint density at radius 1 is 0.944 bits per heavy atom. The molecule has 0 aromatic carbocycles. The molecule has 0 aliphatic heterocycles. The van der Waals surface area contributed by atoms with E-state index in [0.29, 0.717) is 23.3 Å².